The summed E-state index contributed by atoms with van der Waals surface area (Å²) in [5.74, 6) is -0.0479. The van der Waals surface area contributed by atoms with E-state index < -0.39 is 0 Å². The quantitative estimate of drug-likeness (QED) is 0.808. The smallest absolute Gasteiger partial charge is 0.254 e. The zero-order valence-corrected chi connectivity index (χ0v) is 15.8. The molecule has 0 radical (unpaired) electrons. The van der Waals surface area contributed by atoms with Gasteiger partial charge in [-0.15, -0.1) is 0 Å². The molecule has 1 saturated heterocycles. The van der Waals surface area contributed by atoms with Gasteiger partial charge in [-0.2, -0.15) is 0 Å². The van der Waals surface area contributed by atoms with E-state index in [2.05, 4.69) is 10.2 Å². The van der Waals surface area contributed by atoms with E-state index in [0.29, 0.717) is 18.7 Å². The number of piperidine rings is 1. The van der Waals surface area contributed by atoms with E-state index in [1.165, 1.54) is 19.3 Å². The number of carbonyl (C=O) groups excluding carboxylic acids is 2. The Morgan fingerprint density at radius 2 is 2.00 bits per heavy atom. The number of rotatable bonds is 7. The normalized spacial score (nSPS) is 18.7. The van der Waals surface area contributed by atoms with Crippen LogP contribution in [0.1, 0.15) is 52.5 Å². The molecule has 1 aromatic carbocycles. The average molecular weight is 359 g/mol. The molecule has 0 aromatic heterocycles. The Morgan fingerprint density at radius 1 is 1.23 bits per heavy atom. The first-order chi connectivity index (χ1) is 12.6. The van der Waals surface area contributed by atoms with Gasteiger partial charge < -0.3 is 19.9 Å². The van der Waals surface area contributed by atoms with Crippen LogP contribution < -0.4 is 5.32 Å². The van der Waals surface area contributed by atoms with E-state index in [-0.39, 0.29) is 17.9 Å². The number of methoxy groups -OCH3 is 1. The van der Waals surface area contributed by atoms with E-state index >= 15 is 0 Å². The molecule has 1 aromatic rings. The zero-order chi connectivity index (χ0) is 18.5. The predicted octanol–water partition coefficient (Wildman–Crippen LogP) is 1.89. The third kappa shape index (κ3) is 4.43. The minimum absolute atomic E-state index is 0.0524. The summed E-state index contributed by atoms with van der Waals surface area (Å²) < 4.78 is 5.05. The molecule has 2 aliphatic heterocycles. The van der Waals surface area contributed by atoms with Gasteiger partial charge in [-0.1, -0.05) is 6.42 Å². The molecule has 2 aliphatic rings. The minimum Gasteiger partial charge on any atom is -0.383 e. The number of likely N-dealkylation sites (tertiary alicyclic amines) is 1. The van der Waals surface area contributed by atoms with Gasteiger partial charge in [0.15, 0.2) is 0 Å². The zero-order valence-electron chi connectivity index (χ0n) is 15.8. The van der Waals surface area contributed by atoms with Crippen molar-refractivity contribution >= 4 is 11.8 Å². The van der Waals surface area contributed by atoms with Crippen molar-refractivity contribution < 1.29 is 14.3 Å². The second-order valence-corrected chi connectivity index (χ2v) is 7.33. The summed E-state index contributed by atoms with van der Waals surface area (Å²) in [5, 5.41) is 2.91. The number of hydrogen-bond donors (Lipinski definition) is 1. The number of carbonyl (C=O) groups is 2. The van der Waals surface area contributed by atoms with Crippen LogP contribution in [-0.4, -0.2) is 67.6 Å². The monoisotopic (exact) mass is 359 g/mol. The molecule has 1 atom stereocenters. The summed E-state index contributed by atoms with van der Waals surface area (Å²) >= 11 is 0. The second-order valence-electron chi connectivity index (χ2n) is 7.33. The van der Waals surface area contributed by atoms with Crippen molar-refractivity contribution in [1.82, 2.24) is 15.1 Å². The first-order valence-electron chi connectivity index (χ1n) is 9.53. The number of nitrogens with zero attached hydrogens (tertiary/aromatic N) is 2. The fourth-order valence-corrected chi connectivity index (χ4v) is 3.75. The SMILES string of the molecule is COCC(C)NC(=O)c1ccc2c(c1)CN(CCN1CCCCC1)C2=O. The Morgan fingerprint density at radius 3 is 2.73 bits per heavy atom. The molecule has 0 saturated carbocycles. The summed E-state index contributed by atoms with van der Waals surface area (Å²) in [7, 11) is 1.61. The summed E-state index contributed by atoms with van der Waals surface area (Å²) in [6.45, 7) is 6.93. The second kappa shape index (κ2) is 8.64. The highest BCUT2D eigenvalue weighted by molar-refractivity contribution is 6.01. The van der Waals surface area contributed by atoms with E-state index in [9.17, 15) is 9.59 Å². The highest BCUT2D eigenvalue weighted by atomic mass is 16.5. The third-order valence-electron chi connectivity index (χ3n) is 5.18. The van der Waals surface area contributed by atoms with Crippen LogP contribution >= 0.6 is 0 Å². The maximum Gasteiger partial charge on any atom is 0.254 e. The Hall–Kier alpha value is -1.92. The van der Waals surface area contributed by atoms with Crippen molar-refractivity contribution in [2.75, 3.05) is 39.9 Å². The van der Waals surface area contributed by atoms with Crippen molar-refractivity contribution in [3.8, 4) is 0 Å². The highest BCUT2D eigenvalue weighted by Gasteiger charge is 2.28. The topological polar surface area (TPSA) is 61.9 Å². The van der Waals surface area contributed by atoms with Gasteiger partial charge in [0.25, 0.3) is 11.8 Å². The van der Waals surface area contributed by atoms with Crippen molar-refractivity contribution in [2.45, 2.75) is 38.8 Å². The number of nitrogens with one attached hydrogen (secondary N) is 1. The summed E-state index contributed by atoms with van der Waals surface area (Å²) in [5.41, 5.74) is 2.27. The van der Waals surface area contributed by atoms with Gasteiger partial charge in [0.1, 0.15) is 0 Å². The lowest BCUT2D eigenvalue weighted by Crippen LogP contribution is -2.38. The molecule has 142 valence electrons. The average Bonchev–Trinajstić information content (AvgIpc) is 2.96. The van der Waals surface area contributed by atoms with Crippen LogP contribution in [0.4, 0.5) is 0 Å². The molecule has 2 amide bonds. The Bertz CT molecular complexity index is 656. The molecule has 6 heteroatoms. The highest BCUT2D eigenvalue weighted by Crippen LogP contribution is 2.24. The minimum atomic E-state index is -0.128. The molecular formula is C20H29N3O3. The Balaban J connectivity index is 1.59. The van der Waals surface area contributed by atoms with E-state index in [4.69, 9.17) is 4.74 Å². The van der Waals surface area contributed by atoms with Crippen molar-refractivity contribution in [3.63, 3.8) is 0 Å². The van der Waals surface area contributed by atoms with Crippen LogP contribution in [-0.2, 0) is 11.3 Å². The van der Waals surface area contributed by atoms with Crippen LogP contribution in [0.2, 0.25) is 0 Å². The molecule has 26 heavy (non-hydrogen) atoms. The number of benzene rings is 1. The van der Waals surface area contributed by atoms with Crippen LogP contribution in [0.3, 0.4) is 0 Å². The number of hydrogen-bond acceptors (Lipinski definition) is 4. The van der Waals surface area contributed by atoms with Gasteiger partial charge in [0, 0.05) is 43.9 Å². The molecular weight excluding hydrogens is 330 g/mol. The summed E-state index contributed by atoms with van der Waals surface area (Å²) in [6.07, 6.45) is 3.83. The molecule has 1 unspecified atom stereocenters. The van der Waals surface area contributed by atoms with Gasteiger partial charge in [-0.25, -0.2) is 0 Å². The van der Waals surface area contributed by atoms with E-state index in [0.717, 1.165) is 37.3 Å². The summed E-state index contributed by atoms with van der Waals surface area (Å²) in [6, 6.07) is 5.32. The summed E-state index contributed by atoms with van der Waals surface area (Å²) in [4.78, 5) is 29.3. The van der Waals surface area contributed by atoms with Crippen molar-refractivity contribution in [1.29, 1.82) is 0 Å². The largest absolute Gasteiger partial charge is 0.383 e. The lowest BCUT2D eigenvalue weighted by molar-refractivity contribution is 0.0752. The predicted molar refractivity (Wildman–Crippen MR) is 100 cm³/mol. The molecule has 1 N–H and O–H groups in total. The first-order valence-corrected chi connectivity index (χ1v) is 9.53. The van der Waals surface area contributed by atoms with Gasteiger partial charge in [0.05, 0.1) is 6.61 Å². The molecule has 0 bridgehead atoms. The van der Waals surface area contributed by atoms with Crippen molar-refractivity contribution in [3.05, 3.63) is 34.9 Å². The fourth-order valence-electron chi connectivity index (χ4n) is 3.75. The molecule has 6 nitrogen and oxygen atoms in total. The Kier molecular flexibility index (Phi) is 6.27. The lowest BCUT2D eigenvalue weighted by Gasteiger charge is -2.28. The standard InChI is InChI=1S/C20H29N3O3/c1-15(14-26-2)21-19(24)16-6-7-18-17(12-16)13-23(20(18)25)11-10-22-8-4-3-5-9-22/h6-7,12,15H,3-5,8-11,13-14H2,1-2H3,(H,21,24). The van der Waals surface area contributed by atoms with Gasteiger partial charge in [0.2, 0.25) is 0 Å². The number of fused-ring (bicyclic) bond motifs is 1. The molecule has 0 spiro atoms. The maximum absolute atomic E-state index is 12.6. The third-order valence-corrected chi connectivity index (χ3v) is 5.18. The van der Waals surface area contributed by atoms with E-state index in [1.54, 1.807) is 19.2 Å². The lowest BCUT2D eigenvalue weighted by atomic mass is 10.1. The fraction of sp³-hybridized carbons (Fsp3) is 0.600. The van der Waals surface area contributed by atoms with Crippen molar-refractivity contribution in [2.24, 2.45) is 0 Å². The van der Waals surface area contributed by atoms with Crippen LogP contribution in [0.25, 0.3) is 0 Å². The van der Waals surface area contributed by atoms with Gasteiger partial charge in [-0.3, -0.25) is 9.59 Å². The molecule has 0 aliphatic carbocycles. The number of ether oxygens (including phenoxy) is 1. The maximum atomic E-state index is 12.6. The van der Waals surface area contributed by atoms with Crippen LogP contribution in [0.15, 0.2) is 18.2 Å². The van der Waals surface area contributed by atoms with E-state index in [1.807, 2.05) is 17.9 Å². The van der Waals surface area contributed by atoms with Gasteiger partial charge in [-0.05, 0) is 56.6 Å². The molecule has 2 heterocycles. The number of amides is 2. The Labute approximate surface area is 155 Å². The molecule has 3 rings (SSSR count). The molecule has 1 fully saturated rings. The van der Waals surface area contributed by atoms with Crippen LogP contribution in [0, 0.1) is 0 Å². The first kappa shape index (κ1) is 18.9. The van der Waals surface area contributed by atoms with Gasteiger partial charge >= 0.3 is 0 Å². The van der Waals surface area contributed by atoms with Crippen LogP contribution in [0.5, 0.6) is 0 Å².